The van der Waals surface area contributed by atoms with Crippen molar-refractivity contribution in [2.24, 2.45) is 0 Å². The highest BCUT2D eigenvalue weighted by Crippen LogP contribution is 2.36. The van der Waals surface area contributed by atoms with Crippen LogP contribution in [0.5, 0.6) is 5.75 Å². The second-order valence-corrected chi connectivity index (χ2v) is 8.10. The Morgan fingerprint density at radius 2 is 1.90 bits per heavy atom. The Balaban J connectivity index is 1.37. The van der Waals surface area contributed by atoms with E-state index in [1.165, 1.54) is 5.56 Å². The van der Waals surface area contributed by atoms with Gasteiger partial charge in [-0.25, -0.2) is 9.64 Å². The summed E-state index contributed by atoms with van der Waals surface area (Å²) in [6.45, 7) is 10.6. The Morgan fingerprint density at radius 3 is 2.52 bits per heavy atom. The van der Waals surface area contributed by atoms with E-state index >= 15 is 0 Å². The minimum absolute atomic E-state index is 0.0692. The second-order valence-electron chi connectivity index (χ2n) is 8.10. The van der Waals surface area contributed by atoms with E-state index in [1.54, 1.807) is 31.2 Å². The number of nitrogens with zero attached hydrogens (tertiary/aromatic N) is 2. The third-order valence-corrected chi connectivity index (χ3v) is 5.99. The van der Waals surface area contributed by atoms with E-state index in [1.807, 2.05) is 18.2 Å². The molecule has 1 unspecified atom stereocenters. The molecule has 0 bridgehead atoms. The van der Waals surface area contributed by atoms with Crippen LogP contribution in [-0.2, 0) is 9.47 Å². The first-order valence-corrected chi connectivity index (χ1v) is 10.6. The average Bonchev–Trinajstić information content (AvgIpc) is 3.63. The van der Waals surface area contributed by atoms with Crippen LogP contribution in [0, 0.1) is 24.8 Å². The molecule has 1 saturated carbocycles. The lowest BCUT2D eigenvalue weighted by molar-refractivity contribution is 0.0165. The molecule has 2 aliphatic rings. The third-order valence-electron chi connectivity index (χ3n) is 5.99. The topological polar surface area (TPSA) is 76.2 Å². The van der Waals surface area contributed by atoms with Crippen LogP contribution in [0.15, 0.2) is 36.4 Å². The monoisotopic (exact) mass is 416 g/mol. The van der Waals surface area contributed by atoms with Crippen LogP contribution in [0.25, 0.3) is 4.85 Å². The summed E-state index contributed by atoms with van der Waals surface area (Å²) in [4.78, 5) is 16.0. The predicted octanol–water partition coefficient (Wildman–Crippen LogP) is 5.08. The van der Waals surface area contributed by atoms with Gasteiger partial charge in [-0.1, -0.05) is 18.2 Å². The molecule has 6 heteroatoms. The van der Waals surface area contributed by atoms with Gasteiger partial charge < -0.3 is 14.2 Å². The van der Waals surface area contributed by atoms with E-state index < -0.39 is 5.97 Å². The van der Waals surface area contributed by atoms with Crippen molar-refractivity contribution in [1.29, 1.82) is 5.26 Å². The molecule has 6 nitrogen and oxygen atoms in total. The molecule has 4 rings (SSSR count). The van der Waals surface area contributed by atoms with Gasteiger partial charge in [0.25, 0.3) is 0 Å². The summed E-state index contributed by atoms with van der Waals surface area (Å²) in [6, 6.07) is 12.7. The zero-order chi connectivity index (χ0) is 21.8. The first kappa shape index (κ1) is 21.1. The molecule has 31 heavy (non-hydrogen) atoms. The second kappa shape index (κ2) is 9.31. The summed E-state index contributed by atoms with van der Waals surface area (Å²) in [5.41, 5.74) is 2.61. The summed E-state index contributed by atoms with van der Waals surface area (Å²) in [5, 5.41) is 9.29. The average molecular weight is 416 g/mol. The van der Waals surface area contributed by atoms with Crippen molar-refractivity contribution in [3.8, 4) is 11.8 Å². The van der Waals surface area contributed by atoms with Gasteiger partial charge in [0, 0.05) is 0 Å². The molecule has 158 valence electrons. The number of carbonyl (C=O) groups excluding carboxylic acids is 1. The van der Waals surface area contributed by atoms with Crippen LogP contribution in [0.2, 0.25) is 0 Å². The van der Waals surface area contributed by atoms with Crippen molar-refractivity contribution in [3.05, 3.63) is 70.1 Å². The minimum Gasteiger partial charge on any atom is -0.435 e. The van der Waals surface area contributed by atoms with Crippen LogP contribution >= 0.6 is 0 Å². The fourth-order valence-corrected chi connectivity index (χ4v) is 4.03. The number of esters is 1. The molecular formula is C25H24N2O4. The Morgan fingerprint density at radius 1 is 1.19 bits per heavy atom. The summed E-state index contributed by atoms with van der Waals surface area (Å²) in [6.07, 6.45) is 4.83. The van der Waals surface area contributed by atoms with Crippen LogP contribution in [0.1, 0.15) is 58.6 Å². The zero-order valence-electron chi connectivity index (χ0n) is 17.5. The van der Waals surface area contributed by atoms with Gasteiger partial charge in [0.2, 0.25) is 5.69 Å². The maximum atomic E-state index is 12.6. The Hall–Kier alpha value is -3.19. The highest BCUT2D eigenvalue weighted by molar-refractivity contribution is 5.92. The highest BCUT2D eigenvalue weighted by atomic mass is 16.6. The molecule has 1 saturated heterocycles. The SMILES string of the molecule is [C-]#[N+]c1c(OC(=O)c2ccc(C3CCC(OCC4CO4)CC3)cc2)ccc(C)c1C#N. The van der Waals surface area contributed by atoms with Gasteiger partial charge in [0.15, 0.2) is 0 Å². The third kappa shape index (κ3) is 4.94. The molecule has 0 radical (unpaired) electrons. The first-order valence-electron chi connectivity index (χ1n) is 10.6. The fourth-order valence-electron chi connectivity index (χ4n) is 4.03. The zero-order valence-corrected chi connectivity index (χ0v) is 17.5. The summed E-state index contributed by atoms with van der Waals surface area (Å²) < 4.78 is 16.5. The van der Waals surface area contributed by atoms with E-state index in [-0.39, 0.29) is 17.0 Å². The van der Waals surface area contributed by atoms with Gasteiger partial charge in [-0.2, -0.15) is 5.26 Å². The van der Waals surface area contributed by atoms with E-state index in [2.05, 4.69) is 4.85 Å². The molecule has 1 aliphatic heterocycles. The first-order chi connectivity index (χ1) is 15.1. The van der Waals surface area contributed by atoms with E-state index in [0.29, 0.717) is 35.9 Å². The lowest BCUT2D eigenvalue weighted by Gasteiger charge is -2.28. The molecule has 2 aromatic rings. The molecule has 1 atom stereocenters. The molecule has 0 amide bonds. The van der Waals surface area contributed by atoms with Gasteiger partial charge >= 0.3 is 5.97 Å². The van der Waals surface area contributed by atoms with Gasteiger partial charge in [0.1, 0.15) is 11.9 Å². The number of hydrogen-bond acceptors (Lipinski definition) is 5. The Kier molecular flexibility index (Phi) is 6.32. The van der Waals surface area contributed by atoms with E-state index in [9.17, 15) is 10.1 Å². The molecule has 1 aliphatic carbocycles. The van der Waals surface area contributed by atoms with Crippen molar-refractivity contribution >= 4 is 11.7 Å². The van der Waals surface area contributed by atoms with Crippen molar-refractivity contribution in [2.75, 3.05) is 13.2 Å². The fraction of sp³-hybridized carbons (Fsp3) is 0.400. The number of carbonyl (C=O) groups is 1. The quantitative estimate of drug-likeness (QED) is 0.284. The van der Waals surface area contributed by atoms with Crippen LogP contribution in [0.4, 0.5) is 5.69 Å². The van der Waals surface area contributed by atoms with E-state index in [4.69, 9.17) is 20.8 Å². The molecule has 1 heterocycles. The van der Waals surface area contributed by atoms with Crippen molar-refractivity contribution in [1.82, 2.24) is 0 Å². The number of hydrogen-bond donors (Lipinski definition) is 0. The lowest BCUT2D eigenvalue weighted by Crippen LogP contribution is -2.22. The number of epoxide rings is 1. The van der Waals surface area contributed by atoms with Gasteiger partial charge in [0.05, 0.1) is 43.1 Å². The van der Waals surface area contributed by atoms with Gasteiger partial charge in [-0.15, -0.1) is 0 Å². The number of ether oxygens (including phenoxy) is 3. The van der Waals surface area contributed by atoms with Crippen molar-refractivity contribution in [3.63, 3.8) is 0 Å². The molecule has 2 aromatic carbocycles. The number of rotatable bonds is 6. The maximum Gasteiger partial charge on any atom is 0.342 e. The Bertz CT molecular complexity index is 1040. The van der Waals surface area contributed by atoms with Gasteiger partial charge in [-0.05, 0) is 67.9 Å². The largest absolute Gasteiger partial charge is 0.435 e. The lowest BCUT2D eigenvalue weighted by atomic mass is 9.82. The minimum atomic E-state index is -0.538. The summed E-state index contributed by atoms with van der Waals surface area (Å²) >= 11 is 0. The normalized spacial score (nSPS) is 22.2. The van der Waals surface area contributed by atoms with E-state index in [0.717, 1.165) is 32.3 Å². The standard InChI is InChI=1S/C25H24N2O4/c1-16-3-12-23(24(27-2)22(16)13-26)31-25(28)19-6-4-17(5-7-19)18-8-10-20(11-9-18)29-14-21-15-30-21/h3-7,12,18,20-21H,8-11,14-15H2,1H3. The molecule has 2 fully saturated rings. The van der Waals surface area contributed by atoms with Gasteiger partial charge in [-0.3, -0.25) is 0 Å². The predicted molar refractivity (Wildman–Crippen MR) is 114 cm³/mol. The van der Waals surface area contributed by atoms with Crippen molar-refractivity contribution < 1.29 is 19.0 Å². The summed E-state index contributed by atoms with van der Waals surface area (Å²) in [5.74, 6) is 0.0378. The highest BCUT2D eigenvalue weighted by Gasteiger charge is 2.27. The maximum absolute atomic E-state index is 12.6. The van der Waals surface area contributed by atoms with Crippen LogP contribution in [0.3, 0.4) is 0 Å². The molecule has 0 N–H and O–H groups in total. The molecular weight excluding hydrogens is 392 g/mol. The molecule has 0 spiro atoms. The number of nitriles is 1. The Labute approximate surface area is 182 Å². The summed E-state index contributed by atoms with van der Waals surface area (Å²) in [7, 11) is 0. The smallest absolute Gasteiger partial charge is 0.342 e. The molecule has 0 aromatic heterocycles. The number of aryl methyl sites for hydroxylation is 1. The van der Waals surface area contributed by atoms with Crippen molar-refractivity contribution in [2.45, 2.75) is 50.7 Å². The number of benzene rings is 2. The van der Waals surface area contributed by atoms with Crippen LogP contribution < -0.4 is 4.74 Å². The van der Waals surface area contributed by atoms with Crippen LogP contribution in [-0.4, -0.2) is 31.4 Å².